The van der Waals surface area contributed by atoms with Crippen molar-refractivity contribution >= 4 is 11.8 Å². The number of carbonyl (C=O) groups excluding carboxylic acids is 2. The van der Waals surface area contributed by atoms with E-state index >= 15 is 0 Å². The minimum absolute atomic E-state index is 0.0596. The third-order valence-electron chi connectivity index (χ3n) is 3.73. The molecule has 0 atom stereocenters. The van der Waals surface area contributed by atoms with Crippen molar-refractivity contribution in [3.8, 4) is 0 Å². The first kappa shape index (κ1) is 14.5. The fourth-order valence-corrected chi connectivity index (χ4v) is 2.38. The van der Waals surface area contributed by atoms with Gasteiger partial charge in [-0.25, -0.2) is 0 Å². The van der Waals surface area contributed by atoms with E-state index < -0.39 is 5.54 Å². The molecule has 0 saturated carbocycles. The third kappa shape index (κ3) is 2.38. The fourth-order valence-electron chi connectivity index (χ4n) is 2.38. The molecule has 0 unspecified atom stereocenters. The zero-order valence-corrected chi connectivity index (χ0v) is 12.1. The molecule has 1 aliphatic rings. The highest BCUT2D eigenvalue weighted by Gasteiger charge is 2.43. The number of pyridine rings is 1. The molecule has 1 aromatic rings. The molecule has 20 heavy (non-hydrogen) atoms. The molecule has 2 rings (SSSR count). The second-order valence-corrected chi connectivity index (χ2v) is 5.50. The van der Waals surface area contributed by atoms with Crippen molar-refractivity contribution in [2.45, 2.75) is 25.9 Å². The van der Waals surface area contributed by atoms with Gasteiger partial charge in [0.25, 0.3) is 5.91 Å². The van der Waals surface area contributed by atoms with Gasteiger partial charge in [-0.2, -0.15) is 0 Å². The SMILES string of the molecule is CN1CCN(C(=O)c2ccc(CN)cn2)C(C)(C)C1=O. The van der Waals surface area contributed by atoms with Crippen LogP contribution in [0.25, 0.3) is 0 Å². The summed E-state index contributed by atoms with van der Waals surface area (Å²) in [7, 11) is 1.75. The number of likely N-dealkylation sites (N-methyl/N-ethyl adjacent to an activating group) is 1. The van der Waals surface area contributed by atoms with Crippen molar-refractivity contribution < 1.29 is 9.59 Å². The molecule has 1 fully saturated rings. The lowest BCUT2D eigenvalue weighted by atomic mass is 9.97. The zero-order valence-electron chi connectivity index (χ0n) is 12.1. The van der Waals surface area contributed by atoms with E-state index in [2.05, 4.69) is 4.98 Å². The second-order valence-electron chi connectivity index (χ2n) is 5.50. The average Bonchev–Trinajstić information content (AvgIpc) is 2.44. The van der Waals surface area contributed by atoms with E-state index in [1.807, 2.05) is 0 Å². The van der Waals surface area contributed by atoms with Crippen LogP contribution in [0.3, 0.4) is 0 Å². The molecule has 2 heterocycles. The Morgan fingerprint density at radius 1 is 1.40 bits per heavy atom. The van der Waals surface area contributed by atoms with Gasteiger partial charge in [0.2, 0.25) is 5.91 Å². The molecular weight excluding hydrogens is 256 g/mol. The van der Waals surface area contributed by atoms with Crippen molar-refractivity contribution in [3.05, 3.63) is 29.6 Å². The van der Waals surface area contributed by atoms with Crippen molar-refractivity contribution in [3.63, 3.8) is 0 Å². The zero-order chi connectivity index (χ0) is 14.9. The maximum Gasteiger partial charge on any atom is 0.273 e. The van der Waals surface area contributed by atoms with E-state index in [4.69, 9.17) is 5.73 Å². The summed E-state index contributed by atoms with van der Waals surface area (Å²) in [6.07, 6.45) is 1.60. The van der Waals surface area contributed by atoms with Crippen molar-refractivity contribution in [2.75, 3.05) is 20.1 Å². The van der Waals surface area contributed by atoms with Crippen LogP contribution in [0.2, 0.25) is 0 Å². The minimum atomic E-state index is -0.849. The molecule has 0 bridgehead atoms. The van der Waals surface area contributed by atoms with Gasteiger partial charge in [0.05, 0.1) is 0 Å². The van der Waals surface area contributed by atoms with Gasteiger partial charge in [-0.15, -0.1) is 0 Å². The lowest BCUT2D eigenvalue weighted by Gasteiger charge is -2.44. The van der Waals surface area contributed by atoms with Crippen LogP contribution < -0.4 is 5.73 Å². The van der Waals surface area contributed by atoms with E-state index in [-0.39, 0.29) is 11.8 Å². The van der Waals surface area contributed by atoms with Crippen LogP contribution in [-0.4, -0.2) is 52.3 Å². The normalized spacial score (nSPS) is 18.3. The highest BCUT2D eigenvalue weighted by molar-refractivity contribution is 5.98. The molecule has 2 amide bonds. The van der Waals surface area contributed by atoms with Crippen LogP contribution in [0.5, 0.6) is 0 Å². The first-order chi connectivity index (χ1) is 9.37. The third-order valence-corrected chi connectivity index (χ3v) is 3.73. The molecular formula is C14H20N4O2. The average molecular weight is 276 g/mol. The van der Waals surface area contributed by atoms with Crippen molar-refractivity contribution in [2.24, 2.45) is 5.73 Å². The van der Waals surface area contributed by atoms with Crippen LogP contribution in [0, 0.1) is 0 Å². The first-order valence-electron chi connectivity index (χ1n) is 6.60. The predicted molar refractivity (Wildman–Crippen MR) is 74.9 cm³/mol. The summed E-state index contributed by atoms with van der Waals surface area (Å²) in [5.41, 5.74) is 5.87. The molecule has 1 aliphatic heterocycles. The molecule has 108 valence electrons. The Balaban J connectivity index is 2.25. The summed E-state index contributed by atoms with van der Waals surface area (Å²) in [5, 5.41) is 0. The Kier molecular flexibility index (Phi) is 3.76. The summed E-state index contributed by atoms with van der Waals surface area (Å²) < 4.78 is 0. The molecule has 6 nitrogen and oxygen atoms in total. The van der Waals surface area contributed by atoms with Crippen molar-refractivity contribution in [1.29, 1.82) is 0 Å². The number of hydrogen-bond donors (Lipinski definition) is 1. The fraction of sp³-hybridized carbons (Fsp3) is 0.500. The molecule has 6 heteroatoms. The highest BCUT2D eigenvalue weighted by atomic mass is 16.2. The van der Waals surface area contributed by atoms with Gasteiger partial charge in [-0.3, -0.25) is 14.6 Å². The number of rotatable bonds is 2. The number of hydrogen-bond acceptors (Lipinski definition) is 4. The Morgan fingerprint density at radius 2 is 2.10 bits per heavy atom. The Labute approximate surface area is 118 Å². The number of amides is 2. The van der Waals surface area contributed by atoms with E-state index in [0.717, 1.165) is 5.56 Å². The van der Waals surface area contributed by atoms with Gasteiger partial charge >= 0.3 is 0 Å². The van der Waals surface area contributed by atoms with Gasteiger partial charge in [-0.1, -0.05) is 6.07 Å². The minimum Gasteiger partial charge on any atom is -0.342 e. The largest absolute Gasteiger partial charge is 0.342 e. The molecule has 0 aliphatic carbocycles. The quantitative estimate of drug-likeness (QED) is 0.838. The van der Waals surface area contributed by atoms with E-state index in [1.165, 1.54) is 0 Å². The number of nitrogens with zero attached hydrogens (tertiary/aromatic N) is 3. The van der Waals surface area contributed by atoms with Crippen LogP contribution in [0.4, 0.5) is 0 Å². The highest BCUT2D eigenvalue weighted by Crippen LogP contribution is 2.23. The van der Waals surface area contributed by atoms with Gasteiger partial charge in [0.15, 0.2) is 0 Å². The number of carbonyl (C=O) groups is 2. The Bertz CT molecular complexity index is 524. The molecule has 0 radical (unpaired) electrons. The van der Waals surface area contributed by atoms with Gasteiger partial charge in [0, 0.05) is 32.9 Å². The van der Waals surface area contributed by atoms with E-state index in [1.54, 1.807) is 49.0 Å². The number of nitrogens with two attached hydrogens (primary N) is 1. The molecule has 1 saturated heterocycles. The van der Waals surface area contributed by atoms with Crippen molar-refractivity contribution in [1.82, 2.24) is 14.8 Å². The van der Waals surface area contributed by atoms with Crippen LogP contribution in [-0.2, 0) is 11.3 Å². The molecule has 2 N–H and O–H groups in total. The van der Waals surface area contributed by atoms with E-state index in [9.17, 15) is 9.59 Å². The summed E-state index contributed by atoms with van der Waals surface area (Å²) in [5.74, 6) is -0.282. The monoisotopic (exact) mass is 276 g/mol. The summed E-state index contributed by atoms with van der Waals surface area (Å²) >= 11 is 0. The topological polar surface area (TPSA) is 79.5 Å². The predicted octanol–water partition coefficient (Wildman–Crippen LogP) is 0.233. The maximum atomic E-state index is 12.5. The lowest BCUT2D eigenvalue weighted by Crippen LogP contribution is -2.63. The van der Waals surface area contributed by atoms with Gasteiger partial charge < -0.3 is 15.5 Å². The molecule has 0 spiro atoms. The lowest BCUT2D eigenvalue weighted by molar-refractivity contribution is -0.144. The standard InChI is InChI=1S/C14H20N4O2/c1-14(2)13(20)17(3)6-7-18(14)12(19)11-5-4-10(8-15)9-16-11/h4-5,9H,6-8,15H2,1-3H3. The summed E-state index contributed by atoms with van der Waals surface area (Å²) in [6, 6.07) is 3.44. The van der Waals surface area contributed by atoms with Crippen LogP contribution >= 0.6 is 0 Å². The Morgan fingerprint density at radius 3 is 2.65 bits per heavy atom. The second kappa shape index (κ2) is 5.20. The van der Waals surface area contributed by atoms with Crippen LogP contribution in [0.15, 0.2) is 18.3 Å². The summed E-state index contributed by atoms with van der Waals surface area (Å²) in [4.78, 5) is 32.1. The van der Waals surface area contributed by atoms with Gasteiger partial charge in [0.1, 0.15) is 11.2 Å². The van der Waals surface area contributed by atoms with E-state index in [0.29, 0.717) is 25.3 Å². The summed E-state index contributed by atoms with van der Waals surface area (Å²) in [6.45, 7) is 4.96. The molecule has 0 aromatic carbocycles. The van der Waals surface area contributed by atoms with Crippen LogP contribution in [0.1, 0.15) is 29.9 Å². The smallest absolute Gasteiger partial charge is 0.273 e. The number of aromatic nitrogens is 1. The maximum absolute atomic E-state index is 12.5. The first-order valence-corrected chi connectivity index (χ1v) is 6.60. The number of piperazine rings is 1. The van der Waals surface area contributed by atoms with Gasteiger partial charge in [-0.05, 0) is 25.5 Å². The molecule has 1 aromatic heterocycles. The Hall–Kier alpha value is -1.95.